The van der Waals surface area contributed by atoms with Gasteiger partial charge >= 0.3 is 0 Å². The molecule has 1 aromatic heterocycles. The minimum atomic E-state index is 0.266. The summed E-state index contributed by atoms with van der Waals surface area (Å²) in [4.78, 5) is 23.3. The van der Waals surface area contributed by atoms with Crippen LogP contribution in [0, 0.1) is 19.8 Å². The number of carbonyl (C=O) groups is 1. The number of rotatable bonds is 3. The first-order chi connectivity index (χ1) is 10.1. The fourth-order valence-electron chi connectivity index (χ4n) is 3.06. The summed E-state index contributed by atoms with van der Waals surface area (Å²) in [6, 6.07) is 2.31. The van der Waals surface area contributed by atoms with Crippen molar-refractivity contribution in [1.29, 1.82) is 0 Å². The van der Waals surface area contributed by atoms with Gasteiger partial charge in [-0.1, -0.05) is 6.42 Å². The Balaban J connectivity index is 1.53. The molecule has 5 heteroatoms. The number of hydrogen-bond acceptors (Lipinski definition) is 4. The van der Waals surface area contributed by atoms with Gasteiger partial charge in [-0.25, -0.2) is 9.97 Å². The highest BCUT2D eigenvalue weighted by atomic mass is 16.2. The summed E-state index contributed by atoms with van der Waals surface area (Å²) in [5.41, 5.74) is 2.02. The molecule has 2 heterocycles. The van der Waals surface area contributed by atoms with Crippen molar-refractivity contribution in [1.82, 2.24) is 15.3 Å². The molecule has 0 bridgehead atoms. The van der Waals surface area contributed by atoms with E-state index in [-0.39, 0.29) is 11.8 Å². The van der Waals surface area contributed by atoms with Crippen molar-refractivity contribution in [2.45, 2.75) is 52.0 Å². The average Bonchev–Trinajstić information content (AvgIpc) is 2.36. The van der Waals surface area contributed by atoms with E-state index in [2.05, 4.69) is 20.2 Å². The topological polar surface area (TPSA) is 58.1 Å². The summed E-state index contributed by atoms with van der Waals surface area (Å²) in [5, 5.41) is 3.21. The minimum Gasteiger partial charge on any atom is -0.353 e. The van der Waals surface area contributed by atoms with E-state index in [9.17, 15) is 4.79 Å². The normalized spacial score (nSPS) is 20.2. The highest BCUT2D eigenvalue weighted by Gasteiger charge is 2.28. The number of nitrogens with one attached hydrogen (secondary N) is 1. The number of aromatic nitrogens is 2. The number of carbonyl (C=O) groups excluding carboxylic acids is 1. The molecule has 3 rings (SSSR count). The maximum Gasteiger partial charge on any atom is 0.225 e. The third-order valence-corrected chi connectivity index (χ3v) is 4.57. The third kappa shape index (κ3) is 3.34. The first-order valence-electron chi connectivity index (χ1n) is 7.99. The van der Waals surface area contributed by atoms with Gasteiger partial charge in [0.2, 0.25) is 11.9 Å². The van der Waals surface area contributed by atoms with Crippen LogP contribution in [-0.2, 0) is 4.79 Å². The van der Waals surface area contributed by atoms with Gasteiger partial charge in [-0.15, -0.1) is 0 Å². The predicted octanol–water partition coefficient (Wildman–Crippen LogP) is 1.98. The molecule has 1 saturated heterocycles. The van der Waals surface area contributed by atoms with E-state index < -0.39 is 0 Å². The lowest BCUT2D eigenvalue weighted by molar-refractivity contribution is -0.128. The van der Waals surface area contributed by atoms with Crippen molar-refractivity contribution in [2.75, 3.05) is 18.0 Å². The van der Waals surface area contributed by atoms with Crippen molar-refractivity contribution >= 4 is 11.9 Å². The van der Waals surface area contributed by atoms with E-state index in [4.69, 9.17) is 0 Å². The van der Waals surface area contributed by atoms with Crippen LogP contribution in [0.1, 0.15) is 43.5 Å². The molecule has 0 radical (unpaired) electrons. The van der Waals surface area contributed by atoms with Crippen molar-refractivity contribution < 1.29 is 4.79 Å². The zero-order chi connectivity index (χ0) is 14.8. The molecule has 1 amide bonds. The van der Waals surface area contributed by atoms with Gasteiger partial charge in [-0.2, -0.15) is 0 Å². The van der Waals surface area contributed by atoms with Gasteiger partial charge in [0.15, 0.2) is 0 Å². The Labute approximate surface area is 126 Å². The van der Waals surface area contributed by atoms with E-state index >= 15 is 0 Å². The van der Waals surface area contributed by atoms with Gasteiger partial charge in [0.25, 0.3) is 0 Å². The fourth-order valence-corrected chi connectivity index (χ4v) is 3.06. The van der Waals surface area contributed by atoms with E-state index in [0.29, 0.717) is 6.04 Å². The van der Waals surface area contributed by atoms with E-state index in [1.807, 2.05) is 19.9 Å². The van der Waals surface area contributed by atoms with Crippen molar-refractivity contribution in [3.8, 4) is 0 Å². The summed E-state index contributed by atoms with van der Waals surface area (Å²) in [6.07, 6.45) is 5.31. The molecule has 21 heavy (non-hydrogen) atoms. The Bertz CT molecular complexity index is 499. The zero-order valence-corrected chi connectivity index (χ0v) is 12.9. The maximum absolute atomic E-state index is 12.0. The Morgan fingerprint density at radius 3 is 2.29 bits per heavy atom. The molecular weight excluding hydrogens is 264 g/mol. The van der Waals surface area contributed by atoms with Gasteiger partial charge in [0.1, 0.15) is 0 Å². The summed E-state index contributed by atoms with van der Waals surface area (Å²) in [6.45, 7) is 5.84. The summed E-state index contributed by atoms with van der Waals surface area (Å²) in [5.74, 6) is 1.38. The standard InChI is InChI=1S/C16H24N4O/c1-11-10-12(2)18-16(17-11)20-8-6-14(7-9-20)19-15(21)13-4-3-5-13/h10,13-14H,3-9H2,1-2H3,(H,19,21). The second kappa shape index (κ2) is 6.00. The molecule has 1 saturated carbocycles. The van der Waals surface area contributed by atoms with Crippen LogP contribution in [0.4, 0.5) is 5.95 Å². The number of nitrogens with zero attached hydrogens (tertiary/aromatic N) is 3. The zero-order valence-electron chi connectivity index (χ0n) is 12.9. The van der Waals surface area contributed by atoms with Gasteiger partial charge < -0.3 is 10.2 Å². The van der Waals surface area contributed by atoms with E-state index in [1.165, 1.54) is 6.42 Å². The molecule has 2 aliphatic rings. The van der Waals surface area contributed by atoms with Gasteiger partial charge in [0, 0.05) is 36.4 Å². The second-order valence-electron chi connectivity index (χ2n) is 6.35. The number of piperidine rings is 1. The smallest absolute Gasteiger partial charge is 0.225 e. The Kier molecular flexibility index (Phi) is 4.08. The Morgan fingerprint density at radius 1 is 1.14 bits per heavy atom. The first-order valence-corrected chi connectivity index (χ1v) is 7.99. The van der Waals surface area contributed by atoms with Crippen molar-refractivity contribution in [3.63, 3.8) is 0 Å². The first kappa shape index (κ1) is 14.3. The van der Waals surface area contributed by atoms with Crippen LogP contribution in [0.15, 0.2) is 6.07 Å². The van der Waals surface area contributed by atoms with E-state index in [1.54, 1.807) is 0 Å². The van der Waals surface area contributed by atoms with Gasteiger partial charge in [-0.3, -0.25) is 4.79 Å². The molecule has 0 spiro atoms. The number of amides is 1. The quantitative estimate of drug-likeness (QED) is 0.924. The average molecular weight is 288 g/mol. The van der Waals surface area contributed by atoms with Crippen LogP contribution in [-0.4, -0.2) is 35.0 Å². The highest BCUT2D eigenvalue weighted by Crippen LogP contribution is 2.27. The third-order valence-electron chi connectivity index (χ3n) is 4.57. The molecular formula is C16H24N4O. The monoisotopic (exact) mass is 288 g/mol. The second-order valence-corrected chi connectivity index (χ2v) is 6.35. The molecule has 0 unspecified atom stereocenters. The molecule has 2 fully saturated rings. The maximum atomic E-state index is 12.0. The molecule has 0 aromatic carbocycles. The molecule has 1 aromatic rings. The lowest BCUT2D eigenvalue weighted by Gasteiger charge is -2.34. The fraction of sp³-hybridized carbons (Fsp3) is 0.688. The molecule has 1 aliphatic heterocycles. The molecule has 1 N–H and O–H groups in total. The largest absolute Gasteiger partial charge is 0.353 e. The number of aryl methyl sites for hydroxylation is 2. The van der Waals surface area contributed by atoms with Gasteiger partial charge in [-0.05, 0) is 45.6 Å². The molecule has 114 valence electrons. The summed E-state index contributed by atoms with van der Waals surface area (Å²) < 4.78 is 0. The molecule has 0 atom stereocenters. The minimum absolute atomic E-state index is 0.266. The Morgan fingerprint density at radius 2 is 1.76 bits per heavy atom. The van der Waals surface area contributed by atoms with Crippen LogP contribution in [0.5, 0.6) is 0 Å². The number of hydrogen-bond donors (Lipinski definition) is 1. The van der Waals surface area contributed by atoms with Crippen LogP contribution in [0.3, 0.4) is 0 Å². The van der Waals surface area contributed by atoms with Crippen LogP contribution in [0.25, 0.3) is 0 Å². The summed E-state index contributed by atoms with van der Waals surface area (Å²) >= 11 is 0. The van der Waals surface area contributed by atoms with Crippen LogP contribution < -0.4 is 10.2 Å². The Hall–Kier alpha value is -1.65. The van der Waals surface area contributed by atoms with Crippen molar-refractivity contribution in [3.05, 3.63) is 17.5 Å². The van der Waals surface area contributed by atoms with E-state index in [0.717, 1.165) is 56.1 Å². The summed E-state index contributed by atoms with van der Waals surface area (Å²) in [7, 11) is 0. The lowest BCUT2D eigenvalue weighted by Crippen LogP contribution is -2.47. The van der Waals surface area contributed by atoms with Gasteiger partial charge in [0.05, 0.1) is 0 Å². The molecule has 5 nitrogen and oxygen atoms in total. The predicted molar refractivity (Wildman–Crippen MR) is 82.2 cm³/mol. The SMILES string of the molecule is Cc1cc(C)nc(N2CCC(NC(=O)C3CCC3)CC2)n1. The van der Waals surface area contributed by atoms with Crippen LogP contribution in [0.2, 0.25) is 0 Å². The number of anilines is 1. The van der Waals surface area contributed by atoms with Crippen molar-refractivity contribution in [2.24, 2.45) is 5.92 Å². The van der Waals surface area contributed by atoms with Crippen LogP contribution >= 0.6 is 0 Å². The highest BCUT2D eigenvalue weighted by molar-refractivity contribution is 5.79. The lowest BCUT2D eigenvalue weighted by atomic mass is 9.84. The molecule has 1 aliphatic carbocycles.